The Morgan fingerprint density at radius 1 is 1.14 bits per heavy atom. The fourth-order valence-corrected chi connectivity index (χ4v) is 2.94. The monoisotopic (exact) mass is 478 g/mol. The Morgan fingerprint density at radius 2 is 1.93 bits per heavy atom. The Hall–Kier alpha value is -2.59. The van der Waals surface area contributed by atoms with Crippen LogP contribution in [0.25, 0.3) is 17.4 Å². The molecule has 0 aliphatic heterocycles. The first-order valence-electron chi connectivity index (χ1n) is 7.81. The zero-order valence-electron chi connectivity index (χ0n) is 14.0. The molecule has 0 saturated heterocycles. The SMILES string of the molecule is N#CC(=Cc1ccc(-c2ccc(Cl)c(Cl)c2)o1)C(=O)Nc1ccc(Br)cc1F. The minimum Gasteiger partial charge on any atom is -0.457 e. The van der Waals surface area contributed by atoms with Gasteiger partial charge in [-0.2, -0.15) is 5.26 Å². The fourth-order valence-electron chi connectivity index (χ4n) is 2.31. The van der Waals surface area contributed by atoms with Crippen LogP contribution in [0.1, 0.15) is 5.76 Å². The van der Waals surface area contributed by atoms with E-state index in [0.29, 0.717) is 25.8 Å². The number of nitrogens with one attached hydrogen (secondary N) is 1. The van der Waals surface area contributed by atoms with E-state index in [-0.39, 0.29) is 17.0 Å². The van der Waals surface area contributed by atoms with Crippen molar-refractivity contribution < 1.29 is 13.6 Å². The number of hydrogen-bond donors (Lipinski definition) is 1. The maximum Gasteiger partial charge on any atom is 0.266 e. The van der Waals surface area contributed by atoms with E-state index in [4.69, 9.17) is 27.6 Å². The molecule has 1 N–H and O–H groups in total. The number of amides is 1. The molecule has 0 saturated carbocycles. The van der Waals surface area contributed by atoms with Crippen molar-refractivity contribution in [2.75, 3.05) is 5.32 Å². The van der Waals surface area contributed by atoms with E-state index in [0.717, 1.165) is 0 Å². The highest BCUT2D eigenvalue weighted by Gasteiger charge is 2.14. The normalized spacial score (nSPS) is 11.2. The molecule has 0 radical (unpaired) electrons. The molecule has 0 spiro atoms. The quantitative estimate of drug-likeness (QED) is 0.334. The van der Waals surface area contributed by atoms with Crippen LogP contribution in [0, 0.1) is 17.1 Å². The van der Waals surface area contributed by atoms with E-state index in [1.807, 2.05) is 0 Å². The van der Waals surface area contributed by atoms with Gasteiger partial charge in [-0.25, -0.2) is 4.39 Å². The van der Waals surface area contributed by atoms with Gasteiger partial charge in [0.25, 0.3) is 5.91 Å². The van der Waals surface area contributed by atoms with Gasteiger partial charge in [0.2, 0.25) is 0 Å². The van der Waals surface area contributed by atoms with Gasteiger partial charge in [0.1, 0.15) is 29.0 Å². The van der Waals surface area contributed by atoms with Gasteiger partial charge in [-0.15, -0.1) is 0 Å². The van der Waals surface area contributed by atoms with Crippen molar-refractivity contribution in [2.45, 2.75) is 0 Å². The second kappa shape index (κ2) is 8.61. The average molecular weight is 480 g/mol. The summed E-state index contributed by atoms with van der Waals surface area (Å²) < 4.78 is 20.1. The molecule has 0 fully saturated rings. The Labute approximate surface area is 178 Å². The summed E-state index contributed by atoms with van der Waals surface area (Å²) >= 11 is 15.0. The number of carbonyl (C=O) groups is 1. The molecular formula is C20H10BrCl2FN2O2. The van der Waals surface area contributed by atoms with Crippen LogP contribution in [0.15, 0.2) is 63.0 Å². The van der Waals surface area contributed by atoms with Crippen LogP contribution < -0.4 is 5.32 Å². The number of benzene rings is 2. The number of halogens is 4. The molecule has 1 aromatic heterocycles. The number of nitriles is 1. The van der Waals surface area contributed by atoms with Crippen molar-refractivity contribution in [3.63, 3.8) is 0 Å². The van der Waals surface area contributed by atoms with E-state index in [1.165, 1.54) is 18.2 Å². The van der Waals surface area contributed by atoms with Gasteiger partial charge in [-0.1, -0.05) is 39.1 Å². The molecule has 0 atom stereocenters. The van der Waals surface area contributed by atoms with Crippen LogP contribution in [0.5, 0.6) is 0 Å². The van der Waals surface area contributed by atoms with Crippen LogP contribution >= 0.6 is 39.1 Å². The highest BCUT2D eigenvalue weighted by Crippen LogP contribution is 2.30. The largest absolute Gasteiger partial charge is 0.457 e. The van der Waals surface area contributed by atoms with Crippen LogP contribution in [0.3, 0.4) is 0 Å². The molecule has 4 nitrogen and oxygen atoms in total. The Bertz CT molecular complexity index is 1140. The van der Waals surface area contributed by atoms with Crippen LogP contribution in [-0.4, -0.2) is 5.91 Å². The smallest absolute Gasteiger partial charge is 0.266 e. The summed E-state index contributed by atoms with van der Waals surface area (Å²) in [7, 11) is 0. The van der Waals surface area contributed by atoms with E-state index in [2.05, 4.69) is 21.2 Å². The number of anilines is 1. The predicted octanol–water partition coefficient (Wildman–Crippen LogP) is 6.70. The molecule has 0 aliphatic rings. The van der Waals surface area contributed by atoms with Crippen LogP contribution in [-0.2, 0) is 4.79 Å². The Balaban J connectivity index is 1.82. The Morgan fingerprint density at radius 3 is 2.61 bits per heavy atom. The van der Waals surface area contributed by atoms with Crippen molar-refractivity contribution in [1.29, 1.82) is 5.26 Å². The first-order chi connectivity index (χ1) is 13.4. The summed E-state index contributed by atoms with van der Waals surface area (Å²) in [4.78, 5) is 12.3. The molecule has 28 heavy (non-hydrogen) atoms. The van der Waals surface area contributed by atoms with Crippen molar-refractivity contribution >= 4 is 56.8 Å². The number of rotatable bonds is 4. The maximum absolute atomic E-state index is 13.9. The second-order valence-electron chi connectivity index (χ2n) is 5.58. The van der Waals surface area contributed by atoms with E-state index in [1.54, 1.807) is 42.5 Å². The van der Waals surface area contributed by atoms with Crippen molar-refractivity contribution in [3.05, 3.63) is 80.2 Å². The van der Waals surface area contributed by atoms with Crippen LogP contribution in [0.4, 0.5) is 10.1 Å². The summed E-state index contributed by atoms with van der Waals surface area (Å²) in [6.45, 7) is 0. The number of hydrogen-bond acceptors (Lipinski definition) is 3. The maximum atomic E-state index is 13.9. The fraction of sp³-hybridized carbons (Fsp3) is 0. The lowest BCUT2D eigenvalue weighted by Crippen LogP contribution is -2.14. The summed E-state index contributed by atoms with van der Waals surface area (Å²) in [5.74, 6) is -0.610. The molecule has 3 aromatic rings. The third-order valence-electron chi connectivity index (χ3n) is 3.66. The van der Waals surface area contributed by atoms with Crippen molar-refractivity contribution in [3.8, 4) is 17.4 Å². The third kappa shape index (κ3) is 4.63. The van der Waals surface area contributed by atoms with E-state index >= 15 is 0 Å². The molecule has 1 amide bonds. The van der Waals surface area contributed by atoms with Crippen molar-refractivity contribution in [2.24, 2.45) is 0 Å². The highest BCUT2D eigenvalue weighted by molar-refractivity contribution is 9.10. The summed E-state index contributed by atoms with van der Waals surface area (Å²) in [6.07, 6.45) is 1.27. The van der Waals surface area contributed by atoms with Gasteiger partial charge in [0.05, 0.1) is 15.7 Å². The van der Waals surface area contributed by atoms with E-state index in [9.17, 15) is 14.4 Å². The molecule has 2 aromatic carbocycles. The second-order valence-corrected chi connectivity index (χ2v) is 7.31. The lowest BCUT2D eigenvalue weighted by atomic mass is 10.2. The van der Waals surface area contributed by atoms with E-state index < -0.39 is 11.7 Å². The molecule has 3 rings (SSSR count). The summed E-state index contributed by atoms with van der Waals surface area (Å²) in [5, 5.41) is 12.4. The summed E-state index contributed by atoms with van der Waals surface area (Å²) in [6, 6.07) is 14.2. The minimum absolute atomic E-state index is 0.0368. The van der Waals surface area contributed by atoms with Gasteiger partial charge < -0.3 is 9.73 Å². The summed E-state index contributed by atoms with van der Waals surface area (Å²) in [5.41, 5.74) is 0.414. The lowest BCUT2D eigenvalue weighted by molar-refractivity contribution is -0.112. The third-order valence-corrected chi connectivity index (χ3v) is 4.89. The average Bonchev–Trinajstić information content (AvgIpc) is 3.13. The van der Waals surface area contributed by atoms with Gasteiger partial charge >= 0.3 is 0 Å². The zero-order chi connectivity index (χ0) is 20.3. The first kappa shape index (κ1) is 20.2. The van der Waals surface area contributed by atoms with Gasteiger partial charge in [-0.3, -0.25) is 4.79 Å². The lowest BCUT2D eigenvalue weighted by Gasteiger charge is -2.05. The molecule has 140 valence electrons. The number of furan rings is 1. The standard InChI is InChI=1S/C20H10BrCl2FN2O2/c21-13-2-5-18(17(24)9-13)26-20(27)12(10-25)7-14-3-6-19(28-14)11-1-4-15(22)16(23)8-11/h1-9H,(H,26,27). The first-order valence-corrected chi connectivity index (χ1v) is 9.35. The Kier molecular flexibility index (Phi) is 6.20. The molecule has 1 heterocycles. The molecule has 0 bridgehead atoms. The number of carbonyl (C=O) groups excluding carboxylic acids is 1. The molecular weight excluding hydrogens is 470 g/mol. The molecule has 8 heteroatoms. The number of nitrogens with zero attached hydrogens (tertiary/aromatic N) is 1. The topological polar surface area (TPSA) is 66.0 Å². The van der Waals surface area contributed by atoms with Crippen LogP contribution in [0.2, 0.25) is 10.0 Å². The minimum atomic E-state index is -0.754. The predicted molar refractivity (Wildman–Crippen MR) is 110 cm³/mol. The highest BCUT2D eigenvalue weighted by atomic mass is 79.9. The zero-order valence-corrected chi connectivity index (χ0v) is 17.1. The van der Waals surface area contributed by atoms with Gasteiger partial charge in [0, 0.05) is 16.1 Å². The van der Waals surface area contributed by atoms with Crippen molar-refractivity contribution in [1.82, 2.24) is 0 Å². The molecule has 0 aliphatic carbocycles. The van der Waals surface area contributed by atoms with Gasteiger partial charge in [-0.05, 0) is 48.5 Å². The molecule has 0 unspecified atom stereocenters. The van der Waals surface area contributed by atoms with Gasteiger partial charge in [0.15, 0.2) is 0 Å².